The molecule has 16 heteroatoms. The molecular formula is C25H32F6N4O6. The number of piperidine rings is 1. The molecular weight excluding hydrogens is 566 g/mol. The largest absolute Gasteiger partial charge is 0.490 e. The van der Waals surface area contributed by atoms with E-state index < -0.39 is 24.3 Å². The molecule has 230 valence electrons. The number of carbonyl (C=O) groups is 2. The molecule has 4 rings (SSSR count). The number of hydrogen-bond donors (Lipinski definition) is 2. The van der Waals surface area contributed by atoms with Crippen LogP contribution in [0.25, 0.3) is 0 Å². The van der Waals surface area contributed by atoms with Crippen molar-refractivity contribution in [2.45, 2.75) is 63.7 Å². The Labute approximate surface area is 231 Å². The van der Waals surface area contributed by atoms with Crippen molar-refractivity contribution in [2.75, 3.05) is 26.3 Å². The van der Waals surface area contributed by atoms with E-state index in [1.54, 1.807) is 6.20 Å². The summed E-state index contributed by atoms with van der Waals surface area (Å²) in [6.45, 7) is 7.83. The van der Waals surface area contributed by atoms with E-state index in [2.05, 4.69) is 28.1 Å². The fourth-order valence-electron chi connectivity index (χ4n) is 4.49. The molecule has 2 aromatic rings. The Kier molecular flexibility index (Phi) is 12.4. The second-order valence-corrected chi connectivity index (χ2v) is 9.29. The van der Waals surface area contributed by atoms with Crippen LogP contribution in [0.3, 0.4) is 0 Å². The fraction of sp³-hybridized carbons (Fsp3) is 0.600. The molecule has 1 unspecified atom stereocenters. The number of carboxylic acids is 2. The molecule has 2 saturated heterocycles. The SMILES string of the molecule is CCn1cc(CN2CCC3(CC2)OCCC3CCOc2ccccn2)cn1.O=C(O)C(F)(F)F.O=C(O)C(F)(F)F. The molecule has 0 aromatic carbocycles. The van der Waals surface area contributed by atoms with Crippen molar-refractivity contribution in [3.8, 4) is 5.88 Å². The Bertz CT molecular complexity index is 1060. The second-order valence-electron chi connectivity index (χ2n) is 9.29. The summed E-state index contributed by atoms with van der Waals surface area (Å²) in [7, 11) is 0. The van der Waals surface area contributed by atoms with Crippen molar-refractivity contribution in [3.63, 3.8) is 0 Å². The zero-order chi connectivity index (χ0) is 30.7. The molecule has 1 spiro atoms. The van der Waals surface area contributed by atoms with E-state index in [1.165, 1.54) is 5.56 Å². The van der Waals surface area contributed by atoms with Crippen molar-refractivity contribution in [1.82, 2.24) is 19.7 Å². The average Bonchev–Trinajstić information content (AvgIpc) is 3.52. The van der Waals surface area contributed by atoms with Gasteiger partial charge in [0, 0.05) is 56.8 Å². The smallest absolute Gasteiger partial charge is 0.478 e. The molecule has 0 amide bonds. The molecule has 0 aliphatic carbocycles. The van der Waals surface area contributed by atoms with Gasteiger partial charge in [0.15, 0.2) is 0 Å². The topological polar surface area (TPSA) is 127 Å². The van der Waals surface area contributed by atoms with Gasteiger partial charge in [-0.05, 0) is 44.6 Å². The normalized spacial score (nSPS) is 18.6. The number of aryl methyl sites for hydroxylation is 1. The van der Waals surface area contributed by atoms with Crippen molar-refractivity contribution >= 4 is 11.9 Å². The van der Waals surface area contributed by atoms with Crippen LogP contribution in [-0.2, 0) is 27.4 Å². The lowest BCUT2D eigenvalue weighted by molar-refractivity contribution is -0.193. The number of aromatic nitrogens is 3. The van der Waals surface area contributed by atoms with Gasteiger partial charge in [0.1, 0.15) is 0 Å². The monoisotopic (exact) mass is 598 g/mol. The van der Waals surface area contributed by atoms with E-state index in [0.29, 0.717) is 18.4 Å². The molecule has 0 saturated carbocycles. The van der Waals surface area contributed by atoms with Crippen LogP contribution in [-0.4, -0.2) is 86.1 Å². The van der Waals surface area contributed by atoms with Gasteiger partial charge in [0.05, 0.1) is 18.4 Å². The number of likely N-dealkylation sites (tertiary alicyclic amines) is 1. The molecule has 2 N–H and O–H groups in total. The number of rotatable bonds is 7. The maximum atomic E-state index is 10.6. The van der Waals surface area contributed by atoms with Gasteiger partial charge in [0.2, 0.25) is 5.88 Å². The summed E-state index contributed by atoms with van der Waals surface area (Å²) < 4.78 is 77.6. The number of hydrogen-bond acceptors (Lipinski definition) is 7. The van der Waals surface area contributed by atoms with E-state index in [-0.39, 0.29) is 5.60 Å². The fourth-order valence-corrected chi connectivity index (χ4v) is 4.49. The Hall–Kier alpha value is -3.40. The summed E-state index contributed by atoms with van der Waals surface area (Å²) in [6.07, 6.45) is 0.183. The highest BCUT2D eigenvalue weighted by Crippen LogP contribution is 2.42. The number of halogens is 6. The van der Waals surface area contributed by atoms with E-state index >= 15 is 0 Å². The van der Waals surface area contributed by atoms with E-state index in [1.807, 2.05) is 29.1 Å². The van der Waals surface area contributed by atoms with Crippen LogP contribution in [0, 0.1) is 5.92 Å². The minimum absolute atomic E-state index is 0.0532. The number of pyridine rings is 1. The third kappa shape index (κ3) is 11.2. The van der Waals surface area contributed by atoms with Crippen LogP contribution >= 0.6 is 0 Å². The highest BCUT2D eigenvalue weighted by Gasteiger charge is 2.45. The molecule has 2 fully saturated rings. The molecule has 1 atom stereocenters. The number of aliphatic carboxylic acids is 2. The van der Waals surface area contributed by atoms with Crippen LogP contribution in [0.2, 0.25) is 0 Å². The highest BCUT2D eigenvalue weighted by molar-refractivity contribution is 5.73. The minimum atomic E-state index is -5.08. The summed E-state index contributed by atoms with van der Waals surface area (Å²) in [5.74, 6) is -4.21. The molecule has 4 heterocycles. The van der Waals surface area contributed by atoms with Gasteiger partial charge in [-0.1, -0.05) is 6.07 Å². The van der Waals surface area contributed by atoms with Gasteiger partial charge in [-0.25, -0.2) is 14.6 Å². The lowest BCUT2D eigenvalue weighted by Gasteiger charge is -2.42. The van der Waals surface area contributed by atoms with Crippen LogP contribution in [0.4, 0.5) is 26.3 Å². The van der Waals surface area contributed by atoms with E-state index in [4.69, 9.17) is 29.3 Å². The van der Waals surface area contributed by atoms with Gasteiger partial charge in [-0.3, -0.25) is 9.58 Å². The van der Waals surface area contributed by atoms with Crippen LogP contribution in [0.15, 0.2) is 36.8 Å². The van der Waals surface area contributed by atoms with Gasteiger partial charge in [0.25, 0.3) is 0 Å². The third-order valence-corrected chi connectivity index (χ3v) is 6.56. The predicted molar refractivity (Wildman–Crippen MR) is 131 cm³/mol. The van der Waals surface area contributed by atoms with Gasteiger partial charge in [-0.2, -0.15) is 31.4 Å². The lowest BCUT2D eigenvalue weighted by Crippen LogP contribution is -2.47. The van der Waals surface area contributed by atoms with Crippen molar-refractivity contribution in [3.05, 3.63) is 42.4 Å². The zero-order valence-electron chi connectivity index (χ0n) is 22.2. The zero-order valence-corrected chi connectivity index (χ0v) is 22.2. The number of nitrogens with zero attached hydrogens (tertiary/aromatic N) is 4. The van der Waals surface area contributed by atoms with E-state index in [0.717, 1.165) is 58.5 Å². The number of ether oxygens (including phenoxy) is 2. The summed E-state index contributed by atoms with van der Waals surface area (Å²) in [5.41, 5.74) is 1.36. The van der Waals surface area contributed by atoms with Gasteiger partial charge < -0.3 is 19.7 Å². The molecule has 2 aromatic heterocycles. The average molecular weight is 599 g/mol. The third-order valence-electron chi connectivity index (χ3n) is 6.56. The standard InChI is InChI=1S/C21H30N4O2.2C2HF3O2/c1-2-25-17-18(15-23-25)16-24-11-8-21(9-12-24)19(7-14-27-21)6-13-26-20-5-3-4-10-22-20;2*3-2(4,5)1(6)7/h3-5,10,15,17,19H,2,6-9,11-14,16H2,1H3;2*(H,6,7). The van der Waals surface area contributed by atoms with Crippen molar-refractivity contribution in [1.29, 1.82) is 0 Å². The number of alkyl halides is 6. The summed E-state index contributed by atoms with van der Waals surface area (Å²) in [5, 5.41) is 18.6. The summed E-state index contributed by atoms with van der Waals surface area (Å²) >= 11 is 0. The minimum Gasteiger partial charge on any atom is -0.478 e. The van der Waals surface area contributed by atoms with Crippen LogP contribution in [0.5, 0.6) is 5.88 Å². The first kappa shape index (κ1) is 33.8. The Morgan fingerprint density at radius 3 is 2.20 bits per heavy atom. The maximum absolute atomic E-state index is 10.6. The molecule has 10 nitrogen and oxygen atoms in total. The molecule has 2 aliphatic heterocycles. The summed E-state index contributed by atoms with van der Waals surface area (Å²) in [4.78, 5) is 24.6. The maximum Gasteiger partial charge on any atom is 0.490 e. The Morgan fingerprint density at radius 2 is 1.71 bits per heavy atom. The van der Waals surface area contributed by atoms with Crippen molar-refractivity contribution < 1.29 is 55.6 Å². The first-order valence-corrected chi connectivity index (χ1v) is 12.7. The molecule has 0 bridgehead atoms. The van der Waals surface area contributed by atoms with Crippen LogP contribution < -0.4 is 4.74 Å². The predicted octanol–water partition coefficient (Wildman–Crippen LogP) is 4.40. The number of carboxylic acid groups (broad SMARTS) is 2. The van der Waals surface area contributed by atoms with Crippen LogP contribution in [0.1, 0.15) is 38.2 Å². The van der Waals surface area contributed by atoms with E-state index in [9.17, 15) is 26.3 Å². The first-order chi connectivity index (χ1) is 19.2. The molecule has 2 aliphatic rings. The highest BCUT2D eigenvalue weighted by atomic mass is 19.4. The Morgan fingerprint density at radius 1 is 1.10 bits per heavy atom. The molecule has 41 heavy (non-hydrogen) atoms. The summed E-state index contributed by atoms with van der Waals surface area (Å²) in [6, 6.07) is 5.79. The van der Waals surface area contributed by atoms with Gasteiger partial charge in [-0.15, -0.1) is 0 Å². The first-order valence-electron chi connectivity index (χ1n) is 12.7. The lowest BCUT2D eigenvalue weighted by atomic mass is 9.78. The Balaban J connectivity index is 0.000000349. The second kappa shape index (κ2) is 15.0. The molecule has 0 radical (unpaired) electrons. The van der Waals surface area contributed by atoms with Crippen molar-refractivity contribution in [2.24, 2.45) is 5.92 Å². The quantitative estimate of drug-likeness (QED) is 0.446. The van der Waals surface area contributed by atoms with Gasteiger partial charge >= 0.3 is 24.3 Å².